The third-order valence-corrected chi connectivity index (χ3v) is 4.44. The van der Waals surface area contributed by atoms with Gasteiger partial charge in [0.15, 0.2) is 11.4 Å². The Kier molecular flexibility index (Phi) is 5.74. The summed E-state index contributed by atoms with van der Waals surface area (Å²) in [5.41, 5.74) is -15.3. The highest BCUT2D eigenvalue weighted by atomic mass is 19.4. The van der Waals surface area contributed by atoms with Crippen LogP contribution in [0, 0.1) is 11.5 Å². The summed E-state index contributed by atoms with van der Waals surface area (Å²) in [5.74, 6) is 0. The van der Waals surface area contributed by atoms with Gasteiger partial charge in [0.2, 0.25) is 6.19 Å². The molecule has 0 aliphatic rings. The smallest absolute Gasteiger partial charge is 0.306 e. The summed E-state index contributed by atoms with van der Waals surface area (Å²) in [5, 5.41) is 3.86. The Morgan fingerprint density at radius 1 is 0.583 bits per heavy atom. The van der Waals surface area contributed by atoms with Crippen molar-refractivity contribution in [1.82, 2.24) is 8.80 Å². The lowest BCUT2D eigenvalue weighted by molar-refractivity contribution is -0.146. The van der Waals surface area contributed by atoms with Crippen LogP contribution < -0.4 is 10.7 Å². The molecule has 0 unspecified atom stereocenters. The van der Waals surface area contributed by atoms with E-state index >= 15 is 0 Å². The molecule has 0 saturated heterocycles. The molecular weight excluding hydrogens is 547 g/mol. The molecule has 0 radical (unpaired) electrons. The van der Waals surface area contributed by atoms with Crippen LogP contribution in [-0.4, -0.2) is 15.1 Å². The Balaban J connectivity index is 2.97. The second-order valence-corrected chi connectivity index (χ2v) is 6.70. The van der Waals surface area contributed by atoms with Gasteiger partial charge in [-0.05, 0) is 0 Å². The van der Waals surface area contributed by atoms with Crippen LogP contribution in [0.2, 0.25) is 0 Å². The zero-order valence-electron chi connectivity index (χ0n) is 16.1. The third-order valence-electron chi connectivity index (χ3n) is 4.44. The van der Waals surface area contributed by atoms with Gasteiger partial charge in [-0.25, -0.2) is 0 Å². The van der Waals surface area contributed by atoms with Crippen molar-refractivity contribution in [3.63, 3.8) is 0 Å². The van der Waals surface area contributed by atoms with Gasteiger partial charge in [0.05, 0.1) is 5.56 Å². The van der Waals surface area contributed by atoms with Gasteiger partial charge in [0.25, 0.3) is 0 Å². The molecule has 0 bridgehead atoms. The van der Waals surface area contributed by atoms with Gasteiger partial charge in [-0.15, -0.1) is 13.2 Å². The first-order valence-corrected chi connectivity index (χ1v) is 8.44. The summed E-state index contributed by atoms with van der Waals surface area (Å²) < 4.78 is 200. The quantitative estimate of drug-likeness (QED) is 0.208. The Hall–Kier alpha value is -3.66. The normalized spacial score (nSPS) is 15.4. The Morgan fingerprint density at radius 3 is 1.25 bits per heavy atom. The zero-order valence-corrected chi connectivity index (χ0v) is 16.1. The average Bonchev–Trinajstić information content (AvgIpc) is 3.15. The minimum Gasteiger partial charge on any atom is -0.306 e. The molecular formula is C16H2F15N5. The molecule has 0 N–H and O–H groups in total. The molecule has 3 rings (SSSR count). The summed E-state index contributed by atoms with van der Waals surface area (Å²) in [4.78, 5) is 4.01. The van der Waals surface area contributed by atoms with Gasteiger partial charge in [-0.3, -0.25) is 0 Å². The van der Waals surface area contributed by atoms with Crippen LogP contribution in [0.1, 0.15) is 22.5 Å². The van der Waals surface area contributed by atoms with Gasteiger partial charge in [0, 0.05) is 12.4 Å². The fourth-order valence-electron chi connectivity index (χ4n) is 3.39. The van der Waals surface area contributed by atoms with E-state index in [4.69, 9.17) is 5.26 Å². The van der Waals surface area contributed by atoms with Gasteiger partial charge in [0.1, 0.15) is 27.3 Å². The molecule has 0 atom stereocenters. The lowest BCUT2D eigenvalue weighted by Crippen LogP contribution is -2.27. The van der Waals surface area contributed by atoms with E-state index < -0.39 is 96.5 Å². The van der Waals surface area contributed by atoms with Gasteiger partial charge in [-0.1, -0.05) is 0 Å². The fraction of sp³-hybridized carbons (Fsp3) is 0.312. The van der Waals surface area contributed by atoms with Crippen LogP contribution in [0.5, 0.6) is 0 Å². The number of fused-ring (bicyclic) bond motifs is 2. The molecule has 3 aromatic heterocycles. The van der Waals surface area contributed by atoms with Crippen LogP contribution in [0.15, 0.2) is 22.4 Å². The number of nitriles is 1. The van der Waals surface area contributed by atoms with Crippen molar-refractivity contribution < 1.29 is 65.9 Å². The van der Waals surface area contributed by atoms with Gasteiger partial charge in [-0.2, -0.15) is 67.9 Å². The molecule has 0 aliphatic carbocycles. The first-order valence-electron chi connectivity index (χ1n) is 8.44. The molecule has 3 heterocycles. The van der Waals surface area contributed by atoms with E-state index in [9.17, 15) is 65.9 Å². The predicted molar refractivity (Wildman–Crippen MR) is 82.3 cm³/mol. The molecule has 0 fully saturated rings. The highest BCUT2D eigenvalue weighted by molar-refractivity contribution is 5.68. The largest absolute Gasteiger partial charge is 0.503 e. The monoisotopic (exact) mass is 549 g/mol. The first-order chi connectivity index (χ1) is 16.0. The molecule has 3 aromatic rings. The number of alkyl halides is 15. The summed E-state index contributed by atoms with van der Waals surface area (Å²) in [6, 6.07) is 0. The topological polar surface area (TPSA) is 57.3 Å². The first kappa shape index (κ1) is 26.9. The maximum atomic E-state index is 13.9. The van der Waals surface area contributed by atoms with E-state index in [1.54, 1.807) is 4.99 Å². The highest BCUT2D eigenvalue weighted by Crippen LogP contribution is 2.41. The molecule has 0 aromatic carbocycles. The van der Waals surface area contributed by atoms with Crippen molar-refractivity contribution in [2.75, 3.05) is 0 Å². The second-order valence-electron chi connectivity index (χ2n) is 6.70. The zero-order chi connectivity index (χ0) is 27.8. The summed E-state index contributed by atoms with van der Waals surface area (Å²) in [6.45, 7) is 0. The third kappa shape index (κ3) is 4.48. The number of halogens is 15. The van der Waals surface area contributed by atoms with Crippen LogP contribution in [0.4, 0.5) is 65.9 Å². The second kappa shape index (κ2) is 7.67. The van der Waals surface area contributed by atoms with E-state index in [2.05, 4.69) is 4.99 Å². The van der Waals surface area contributed by atoms with Crippen molar-refractivity contribution >= 4 is 11.0 Å². The van der Waals surface area contributed by atoms with E-state index in [1.165, 1.54) is 0 Å². The molecule has 0 spiro atoms. The summed E-state index contributed by atoms with van der Waals surface area (Å²) in [6.07, 6.45) is -31.0. The van der Waals surface area contributed by atoms with Crippen molar-refractivity contribution in [2.45, 2.75) is 31.0 Å². The van der Waals surface area contributed by atoms with E-state index in [0.717, 1.165) is 0 Å². The minimum absolute atomic E-state index is 0.638. The standard InChI is InChI=1S/C16H2F15N5/c17-12(18,19)4-1-35-8(6(4)33-3-32)10(14(23,24)25)36-2-5(13(20,21)22)7(34-16(29,30)31)9(36)11(35)15(26,27)28/h1-2H/b33-6+,34-7+. The molecule has 196 valence electrons. The molecule has 0 aliphatic heterocycles. The molecule has 36 heavy (non-hydrogen) atoms. The maximum absolute atomic E-state index is 13.9. The van der Waals surface area contributed by atoms with Gasteiger partial charge < -0.3 is 8.80 Å². The van der Waals surface area contributed by atoms with Crippen molar-refractivity contribution in [1.29, 1.82) is 5.26 Å². The minimum atomic E-state index is -6.16. The number of aromatic nitrogens is 2. The van der Waals surface area contributed by atoms with Crippen LogP contribution in [0.3, 0.4) is 0 Å². The fourth-order valence-corrected chi connectivity index (χ4v) is 3.39. The Labute approximate surface area is 185 Å². The molecule has 0 amide bonds. The average molecular weight is 549 g/mol. The van der Waals surface area contributed by atoms with Crippen molar-refractivity contribution in [3.8, 4) is 6.19 Å². The van der Waals surface area contributed by atoms with Crippen LogP contribution >= 0.6 is 0 Å². The summed E-state index contributed by atoms with van der Waals surface area (Å²) in [7, 11) is 0. The Bertz CT molecular complexity index is 1510. The van der Waals surface area contributed by atoms with Gasteiger partial charge >= 0.3 is 31.0 Å². The van der Waals surface area contributed by atoms with E-state index in [0.29, 0.717) is 6.19 Å². The van der Waals surface area contributed by atoms with Crippen molar-refractivity contribution in [3.05, 3.63) is 45.6 Å². The summed E-state index contributed by atoms with van der Waals surface area (Å²) >= 11 is 0. The highest BCUT2D eigenvalue weighted by Gasteiger charge is 2.48. The predicted octanol–water partition coefficient (Wildman–Crippen LogP) is 5.51. The van der Waals surface area contributed by atoms with Crippen LogP contribution in [-0.2, 0) is 24.7 Å². The molecule has 5 nitrogen and oxygen atoms in total. The van der Waals surface area contributed by atoms with Crippen molar-refractivity contribution in [2.24, 2.45) is 9.98 Å². The van der Waals surface area contributed by atoms with E-state index in [1.807, 2.05) is 0 Å². The lowest BCUT2D eigenvalue weighted by atomic mass is 10.2. The molecule has 0 saturated carbocycles. The van der Waals surface area contributed by atoms with E-state index in [-0.39, 0.29) is 0 Å². The Morgan fingerprint density at radius 2 is 0.944 bits per heavy atom. The lowest BCUT2D eigenvalue weighted by Gasteiger charge is -2.18. The number of hydrogen-bond acceptors (Lipinski definition) is 3. The molecule has 20 heteroatoms. The number of hydrogen-bond donors (Lipinski definition) is 0. The number of rotatable bonds is 0. The van der Waals surface area contributed by atoms with Crippen LogP contribution in [0.25, 0.3) is 11.0 Å². The maximum Gasteiger partial charge on any atom is 0.503 e. The number of nitrogens with zero attached hydrogens (tertiary/aromatic N) is 5. The SMILES string of the molecule is N#C/N=c1\c(C(F)(F)F)cn2c(C(F)(F)F)c3/c(=N/C(F)(F)F)c(C(F)(F)F)cn3c(C(F)(F)F)c12.